The summed E-state index contributed by atoms with van der Waals surface area (Å²) < 4.78 is 0. The van der Waals surface area contributed by atoms with Crippen LogP contribution in [0.4, 0.5) is 0 Å². The molecular weight excluding hydrogens is 192 g/mol. The number of carbonyl (C=O) groups is 2. The molecule has 4 nitrogen and oxygen atoms in total. The summed E-state index contributed by atoms with van der Waals surface area (Å²) in [5, 5.41) is 0. The van der Waals surface area contributed by atoms with E-state index >= 15 is 0 Å². The van der Waals surface area contributed by atoms with Crippen LogP contribution in [-0.2, 0) is 16.1 Å². The highest BCUT2D eigenvalue weighted by molar-refractivity contribution is 6.15. The molecule has 76 valence electrons. The fourth-order valence-electron chi connectivity index (χ4n) is 1.46. The van der Waals surface area contributed by atoms with Crippen LogP contribution >= 0.6 is 0 Å². The predicted octanol–water partition coefficient (Wildman–Crippen LogP) is 0.897. The first-order chi connectivity index (χ1) is 7.18. The van der Waals surface area contributed by atoms with Crippen molar-refractivity contribution < 1.29 is 9.59 Å². The number of imide groups is 1. The number of rotatable bonds is 2. The second-order valence-corrected chi connectivity index (χ2v) is 3.41. The van der Waals surface area contributed by atoms with Crippen molar-refractivity contribution in [2.75, 3.05) is 0 Å². The maximum Gasteiger partial charge on any atom is 0.256 e. The van der Waals surface area contributed by atoms with Crippen LogP contribution in [0.2, 0.25) is 0 Å². The van der Waals surface area contributed by atoms with Crippen LogP contribution in [-0.4, -0.2) is 21.7 Å². The summed E-state index contributed by atoms with van der Waals surface area (Å²) in [5.74, 6) is -0.453. The van der Waals surface area contributed by atoms with E-state index in [4.69, 9.17) is 0 Å². The van der Waals surface area contributed by atoms with E-state index in [1.807, 2.05) is 0 Å². The Morgan fingerprint density at radius 3 is 2.47 bits per heavy atom. The van der Waals surface area contributed by atoms with Crippen LogP contribution in [0, 0.1) is 0 Å². The zero-order valence-corrected chi connectivity index (χ0v) is 8.30. The maximum atomic E-state index is 11.5. The van der Waals surface area contributed by atoms with Gasteiger partial charge in [-0.3, -0.25) is 19.5 Å². The van der Waals surface area contributed by atoms with Crippen LogP contribution in [0.25, 0.3) is 0 Å². The minimum Gasteiger partial charge on any atom is -0.271 e. The van der Waals surface area contributed by atoms with Crippen LogP contribution in [0.15, 0.2) is 36.2 Å². The summed E-state index contributed by atoms with van der Waals surface area (Å²) in [6, 6.07) is 3.57. The number of amides is 2. The molecule has 2 heterocycles. The van der Waals surface area contributed by atoms with E-state index in [1.54, 1.807) is 31.5 Å². The molecule has 2 amide bonds. The van der Waals surface area contributed by atoms with Crippen LogP contribution in [0.5, 0.6) is 0 Å². The van der Waals surface area contributed by atoms with E-state index in [2.05, 4.69) is 4.98 Å². The van der Waals surface area contributed by atoms with Gasteiger partial charge in [0, 0.05) is 24.0 Å². The Morgan fingerprint density at radius 1 is 1.27 bits per heavy atom. The van der Waals surface area contributed by atoms with Crippen molar-refractivity contribution in [3.63, 3.8) is 0 Å². The molecule has 1 aromatic rings. The Morgan fingerprint density at radius 2 is 1.93 bits per heavy atom. The lowest BCUT2D eigenvalue weighted by atomic mass is 10.2. The van der Waals surface area contributed by atoms with Gasteiger partial charge in [0.25, 0.3) is 11.8 Å². The van der Waals surface area contributed by atoms with Gasteiger partial charge < -0.3 is 0 Å². The molecule has 4 heteroatoms. The van der Waals surface area contributed by atoms with Crippen molar-refractivity contribution >= 4 is 11.8 Å². The first kappa shape index (κ1) is 9.58. The van der Waals surface area contributed by atoms with E-state index in [0.29, 0.717) is 12.1 Å². The fraction of sp³-hybridized carbons (Fsp3) is 0.182. The number of pyridine rings is 1. The molecule has 0 radical (unpaired) electrons. The lowest BCUT2D eigenvalue weighted by Crippen LogP contribution is -2.30. The molecule has 0 atom stereocenters. The van der Waals surface area contributed by atoms with Gasteiger partial charge >= 0.3 is 0 Å². The minimum atomic E-state index is -0.241. The Hall–Kier alpha value is -1.97. The van der Waals surface area contributed by atoms with Gasteiger partial charge in [-0.05, 0) is 24.6 Å². The van der Waals surface area contributed by atoms with E-state index in [-0.39, 0.29) is 11.8 Å². The zero-order valence-electron chi connectivity index (χ0n) is 8.30. The largest absolute Gasteiger partial charge is 0.271 e. The van der Waals surface area contributed by atoms with Crippen LogP contribution in [0.3, 0.4) is 0 Å². The van der Waals surface area contributed by atoms with Crippen molar-refractivity contribution in [1.82, 2.24) is 9.88 Å². The van der Waals surface area contributed by atoms with E-state index in [0.717, 1.165) is 5.56 Å². The highest BCUT2D eigenvalue weighted by atomic mass is 16.2. The number of hydrogen-bond donors (Lipinski definition) is 0. The molecular formula is C11H10N2O2. The average Bonchev–Trinajstić information content (AvgIpc) is 2.47. The van der Waals surface area contributed by atoms with Crippen molar-refractivity contribution in [2.24, 2.45) is 0 Å². The lowest BCUT2D eigenvalue weighted by Gasteiger charge is -2.13. The summed E-state index contributed by atoms with van der Waals surface area (Å²) in [5.41, 5.74) is 1.39. The molecule has 15 heavy (non-hydrogen) atoms. The Kier molecular flexibility index (Phi) is 2.33. The topological polar surface area (TPSA) is 50.3 Å². The highest BCUT2D eigenvalue weighted by Gasteiger charge is 2.27. The summed E-state index contributed by atoms with van der Waals surface area (Å²) in [4.78, 5) is 28.1. The molecule has 0 N–H and O–H groups in total. The SMILES string of the molecule is CC1=CC(=O)N(Cc2ccncc2)C1=O. The van der Waals surface area contributed by atoms with Crippen molar-refractivity contribution in [2.45, 2.75) is 13.5 Å². The third-order valence-corrected chi connectivity index (χ3v) is 2.28. The molecule has 2 rings (SSSR count). The van der Waals surface area contributed by atoms with Crippen LogP contribution < -0.4 is 0 Å². The molecule has 0 aromatic carbocycles. The average molecular weight is 202 g/mol. The fourth-order valence-corrected chi connectivity index (χ4v) is 1.46. The van der Waals surface area contributed by atoms with Gasteiger partial charge in [0.15, 0.2) is 0 Å². The van der Waals surface area contributed by atoms with Crippen molar-refractivity contribution in [1.29, 1.82) is 0 Å². The Balaban J connectivity index is 2.15. The maximum absolute atomic E-state index is 11.5. The van der Waals surface area contributed by atoms with Gasteiger partial charge in [-0.25, -0.2) is 0 Å². The van der Waals surface area contributed by atoms with Crippen molar-refractivity contribution in [3.8, 4) is 0 Å². The molecule has 1 aromatic heterocycles. The van der Waals surface area contributed by atoms with Gasteiger partial charge in [0.1, 0.15) is 0 Å². The summed E-state index contributed by atoms with van der Waals surface area (Å²) in [6.07, 6.45) is 4.64. The standard InChI is InChI=1S/C11H10N2O2/c1-8-6-10(14)13(11(8)15)7-9-2-4-12-5-3-9/h2-6H,7H2,1H3. The van der Waals surface area contributed by atoms with Crippen LogP contribution in [0.1, 0.15) is 12.5 Å². The third kappa shape index (κ3) is 1.79. The van der Waals surface area contributed by atoms with Crippen molar-refractivity contribution in [3.05, 3.63) is 41.7 Å². The van der Waals surface area contributed by atoms with Gasteiger partial charge in [0.2, 0.25) is 0 Å². The lowest BCUT2D eigenvalue weighted by molar-refractivity contribution is -0.137. The molecule has 0 unspecified atom stereocenters. The number of hydrogen-bond acceptors (Lipinski definition) is 3. The molecule has 0 spiro atoms. The molecule has 0 bridgehead atoms. The molecule has 1 aliphatic heterocycles. The summed E-state index contributed by atoms with van der Waals surface area (Å²) >= 11 is 0. The van der Waals surface area contributed by atoms with E-state index in [9.17, 15) is 9.59 Å². The second-order valence-electron chi connectivity index (χ2n) is 3.41. The third-order valence-electron chi connectivity index (χ3n) is 2.28. The zero-order chi connectivity index (χ0) is 10.8. The second kappa shape index (κ2) is 3.65. The Labute approximate surface area is 87.2 Å². The Bertz CT molecular complexity index is 437. The summed E-state index contributed by atoms with van der Waals surface area (Å²) in [7, 11) is 0. The predicted molar refractivity (Wildman–Crippen MR) is 53.6 cm³/mol. The minimum absolute atomic E-state index is 0.211. The molecule has 1 aliphatic rings. The van der Waals surface area contributed by atoms with Gasteiger partial charge in [0.05, 0.1) is 6.54 Å². The number of aromatic nitrogens is 1. The first-order valence-corrected chi connectivity index (χ1v) is 4.61. The molecule has 0 saturated heterocycles. The normalized spacial score (nSPS) is 15.8. The highest BCUT2D eigenvalue weighted by Crippen LogP contribution is 2.14. The smallest absolute Gasteiger partial charge is 0.256 e. The van der Waals surface area contributed by atoms with E-state index in [1.165, 1.54) is 11.0 Å². The monoisotopic (exact) mass is 202 g/mol. The molecule has 0 aliphatic carbocycles. The first-order valence-electron chi connectivity index (χ1n) is 4.61. The van der Waals surface area contributed by atoms with Gasteiger partial charge in [-0.2, -0.15) is 0 Å². The van der Waals surface area contributed by atoms with Gasteiger partial charge in [-0.1, -0.05) is 0 Å². The quantitative estimate of drug-likeness (QED) is 0.669. The van der Waals surface area contributed by atoms with E-state index < -0.39 is 0 Å². The molecule has 0 saturated carbocycles. The number of carbonyl (C=O) groups excluding carboxylic acids is 2. The number of nitrogens with zero attached hydrogens (tertiary/aromatic N) is 2. The molecule has 0 fully saturated rings. The van der Waals surface area contributed by atoms with Gasteiger partial charge in [-0.15, -0.1) is 0 Å². The summed E-state index contributed by atoms with van der Waals surface area (Å²) in [6.45, 7) is 1.96.